The summed E-state index contributed by atoms with van der Waals surface area (Å²) in [6.07, 6.45) is 2.08. The molecule has 1 aliphatic heterocycles. The smallest absolute Gasteiger partial charge is 0.0985 e. The maximum atomic E-state index is 5.14. The van der Waals surface area contributed by atoms with Crippen LogP contribution in [0.2, 0.25) is 0 Å². The molecule has 1 fully saturated rings. The summed E-state index contributed by atoms with van der Waals surface area (Å²) in [5, 5.41) is 5.66. The van der Waals surface area contributed by atoms with E-state index in [1.165, 1.54) is 5.39 Å². The number of nitrogens with zero attached hydrogens (tertiary/aromatic N) is 2. The first-order valence-electron chi connectivity index (χ1n) is 4.55. The van der Waals surface area contributed by atoms with E-state index in [1.54, 1.807) is 0 Å². The summed E-state index contributed by atoms with van der Waals surface area (Å²) in [7, 11) is 0. The lowest BCUT2D eigenvalue weighted by Crippen LogP contribution is -2.30. The standard InChI is InChI=1S/C10H9BrN2O/c11-8-1-2-10-7(3-8)4-13(12-10)9-5-14-6-9/h1-4,9H,5-6H2. The Morgan fingerprint density at radius 1 is 1.43 bits per heavy atom. The number of aromatic nitrogens is 2. The molecule has 3 nitrogen and oxygen atoms in total. The monoisotopic (exact) mass is 252 g/mol. The van der Waals surface area contributed by atoms with Crippen molar-refractivity contribution >= 4 is 26.8 Å². The molecule has 0 atom stereocenters. The van der Waals surface area contributed by atoms with Crippen molar-refractivity contribution in [3.05, 3.63) is 28.9 Å². The Balaban J connectivity index is 2.10. The Bertz CT molecular complexity index is 476. The molecule has 4 heteroatoms. The molecular weight excluding hydrogens is 244 g/mol. The van der Waals surface area contributed by atoms with Gasteiger partial charge >= 0.3 is 0 Å². The van der Waals surface area contributed by atoms with E-state index in [1.807, 2.05) is 16.8 Å². The van der Waals surface area contributed by atoms with E-state index in [9.17, 15) is 0 Å². The van der Waals surface area contributed by atoms with Crippen molar-refractivity contribution in [1.29, 1.82) is 0 Å². The summed E-state index contributed by atoms with van der Waals surface area (Å²) < 4.78 is 8.23. The molecule has 0 radical (unpaired) electrons. The van der Waals surface area contributed by atoms with Crippen LogP contribution in [0.3, 0.4) is 0 Å². The highest BCUT2D eigenvalue weighted by molar-refractivity contribution is 9.10. The highest BCUT2D eigenvalue weighted by Crippen LogP contribution is 2.22. The largest absolute Gasteiger partial charge is 0.377 e. The highest BCUT2D eigenvalue weighted by atomic mass is 79.9. The molecule has 0 N–H and O–H groups in total. The summed E-state index contributed by atoms with van der Waals surface area (Å²) in [4.78, 5) is 0. The quantitative estimate of drug-likeness (QED) is 0.780. The molecular formula is C10H9BrN2O. The zero-order chi connectivity index (χ0) is 9.54. The van der Waals surface area contributed by atoms with Crippen LogP contribution in [0.25, 0.3) is 10.9 Å². The van der Waals surface area contributed by atoms with Gasteiger partial charge in [-0.15, -0.1) is 0 Å². The molecule has 72 valence electrons. The summed E-state index contributed by atoms with van der Waals surface area (Å²) in [6, 6.07) is 6.55. The van der Waals surface area contributed by atoms with Crippen LogP contribution < -0.4 is 0 Å². The first kappa shape index (κ1) is 8.44. The molecule has 0 aliphatic carbocycles. The van der Waals surface area contributed by atoms with Crippen molar-refractivity contribution in [2.24, 2.45) is 0 Å². The molecule has 2 heterocycles. The van der Waals surface area contributed by atoms with Gasteiger partial charge in [-0.3, -0.25) is 4.68 Å². The average Bonchev–Trinajstić information content (AvgIpc) is 2.43. The van der Waals surface area contributed by atoms with Gasteiger partial charge in [-0.1, -0.05) is 15.9 Å². The van der Waals surface area contributed by atoms with E-state index in [0.29, 0.717) is 6.04 Å². The van der Waals surface area contributed by atoms with Crippen LogP contribution in [0.1, 0.15) is 6.04 Å². The third-order valence-electron chi connectivity index (χ3n) is 2.48. The fourth-order valence-corrected chi connectivity index (χ4v) is 1.96. The Kier molecular flexibility index (Phi) is 1.85. The molecule has 3 rings (SSSR count). The molecule has 0 saturated carbocycles. The second-order valence-electron chi connectivity index (χ2n) is 3.50. The second kappa shape index (κ2) is 3.07. The SMILES string of the molecule is Brc1ccc2nn(C3COC3)cc2c1. The number of fused-ring (bicyclic) bond motifs is 1. The molecule has 0 amide bonds. The van der Waals surface area contributed by atoms with Gasteiger partial charge in [0.05, 0.1) is 24.8 Å². The van der Waals surface area contributed by atoms with Gasteiger partial charge < -0.3 is 4.74 Å². The van der Waals surface area contributed by atoms with E-state index in [-0.39, 0.29) is 0 Å². The van der Waals surface area contributed by atoms with Gasteiger partial charge in [0.1, 0.15) is 0 Å². The predicted molar refractivity (Wildman–Crippen MR) is 57.3 cm³/mol. The van der Waals surface area contributed by atoms with E-state index in [4.69, 9.17) is 4.74 Å². The van der Waals surface area contributed by atoms with Gasteiger partial charge in [0.15, 0.2) is 0 Å². The van der Waals surface area contributed by atoms with Crippen molar-refractivity contribution in [3.63, 3.8) is 0 Å². The van der Waals surface area contributed by atoms with Crippen LogP contribution >= 0.6 is 15.9 Å². The second-order valence-corrected chi connectivity index (χ2v) is 4.42. The molecule has 1 aromatic heterocycles. The van der Waals surface area contributed by atoms with E-state index >= 15 is 0 Å². The van der Waals surface area contributed by atoms with Crippen molar-refractivity contribution in [2.75, 3.05) is 13.2 Å². The lowest BCUT2D eigenvalue weighted by atomic mass is 10.2. The molecule has 1 aliphatic rings. The minimum Gasteiger partial charge on any atom is -0.377 e. The van der Waals surface area contributed by atoms with Gasteiger partial charge in [-0.05, 0) is 18.2 Å². The summed E-state index contributed by atoms with van der Waals surface area (Å²) in [5.41, 5.74) is 1.04. The van der Waals surface area contributed by atoms with Crippen molar-refractivity contribution in [2.45, 2.75) is 6.04 Å². The maximum Gasteiger partial charge on any atom is 0.0985 e. The third kappa shape index (κ3) is 1.26. The molecule has 2 aromatic rings. The van der Waals surface area contributed by atoms with Crippen molar-refractivity contribution in [1.82, 2.24) is 9.78 Å². The van der Waals surface area contributed by atoms with Gasteiger partial charge in [-0.25, -0.2) is 0 Å². The lowest BCUT2D eigenvalue weighted by molar-refractivity contribution is -0.0283. The maximum absolute atomic E-state index is 5.14. The van der Waals surface area contributed by atoms with Crippen LogP contribution in [-0.4, -0.2) is 23.0 Å². The zero-order valence-corrected chi connectivity index (χ0v) is 9.07. The highest BCUT2D eigenvalue weighted by Gasteiger charge is 2.21. The topological polar surface area (TPSA) is 27.1 Å². The minimum absolute atomic E-state index is 0.432. The number of benzene rings is 1. The predicted octanol–water partition coefficient (Wildman–Crippen LogP) is 2.37. The van der Waals surface area contributed by atoms with Crippen molar-refractivity contribution < 1.29 is 4.74 Å². The number of ether oxygens (including phenoxy) is 1. The Labute approximate surface area is 89.8 Å². The van der Waals surface area contributed by atoms with Crippen LogP contribution in [0.15, 0.2) is 28.9 Å². The number of rotatable bonds is 1. The molecule has 0 bridgehead atoms. The average molecular weight is 253 g/mol. The minimum atomic E-state index is 0.432. The number of hydrogen-bond acceptors (Lipinski definition) is 2. The molecule has 14 heavy (non-hydrogen) atoms. The van der Waals surface area contributed by atoms with Crippen molar-refractivity contribution in [3.8, 4) is 0 Å². The first-order chi connectivity index (χ1) is 6.83. The number of halogens is 1. The molecule has 1 aromatic carbocycles. The Morgan fingerprint density at radius 2 is 2.29 bits per heavy atom. The normalized spacial score (nSPS) is 17.2. The fourth-order valence-electron chi connectivity index (χ4n) is 1.58. The molecule has 0 unspecified atom stereocenters. The summed E-state index contributed by atoms with van der Waals surface area (Å²) in [5.74, 6) is 0. The van der Waals surface area contributed by atoms with Gasteiger partial charge in [0.25, 0.3) is 0 Å². The van der Waals surface area contributed by atoms with E-state index in [2.05, 4.69) is 33.3 Å². The van der Waals surface area contributed by atoms with Gasteiger partial charge in [0.2, 0.25) is 0 Å². The van der Waals surface area contributed by atoms with Crippen LogP contribution in [0.4, 0.5) is 0 Å². The van der Waals surface area contributed by atoms with Gasteiger partial charge in [0, 0.05) is 16.1 Å². The summed E-state index contributed by atoms with van der Waals surface area (Å²) in [6.45, 7) is 1.57. The molecule has 0 spiro atoms. The number of hydrogen-bond donors (Lipinski definition) is 0. The first-order valence-corrected chi connectivity index (χ1v) is 5.34. The van der Waals surface area contributed by atoms with Crippen LogP contribution in [0.5, 0.6) is 0 Å². The lowest BCUT2D eigenvalue weighted by Gasteiger charge is -2.25. The fraction of sp³-hybridized carbons (Fsp3) is 0.300. The summed E-state index contributed by atoms with van der Waals surface area (Å²) >= 11 is 3.45. The van der Waals surface area contributed by atoms with E-state index < -0.39 is 0 Å². The Hall–Kier alpha value is -0.870. The molecule has 1 saturated heterocycles. The van der Waals surface area contributed by atoms with Crippen LogP contribution in [-0.2, 0) is 4.74 Å². The van der Waals surface area contributed by atoms with Crippen LogP contribution in [0, 0.1) is 0 Å². The third-order valence-corrected chi connectivity index (χ3v) is 2.97. The van der Waals surface area contributed by atoms with E-state index in [0.717, 1.165) is 23.2 Å². The zero-order valence-electron chi connectivity index (χ0n) is 7.48. The van der Waals surface area contributed by atoms with Gasteiger partial charge in [-0.2, -0.15) is 5.10 Å². The Morgan fingerprint density at radius 3 is 3.00 bits per heavy atom.